The monoisotopic (exact) mass is 263 g/mol. The second-order valence-corrected chi connectivity index (χ2v) is 4.08. The lowest BCUT2D eigenvalue weighted by atomic mass is 10.2. The van der Waals surface area contributed by atoms with E-state index >= 15 is 0 Å². The highest BCUT2D eigenvalue weighted by atomic mass is 16.5. The van der Waals surface area contributed by atoms with Gasteiger partial charge in [-0.1, -0.05) is 0 Å². The number of benzene rings is 1. The Morgan fingerprint density at radius 2 is 1.79 bits per heavy atom. The van der Waals surface area contributed by atoms with Gasteiger partial charge in [-0.2, -0.15) is 0 Å². The molecule has 2 rings (SSSR count). The molecule has 0 bridgehead atoms. The first-order chi connectivity index (χ1) is 9.12. The van der Waals surface area contributed by atoms with Gasteiger partial charge in [-0.25, -0.2) is 4.79 Å². The van der Waals surface area contributed by atoms with E-state index in [1.807, 2.05) is 19.2 Å². The largest absolute Gasteiger partial charge is 0.493 e. The summed E-state index contributed by atoms with van der Waals surface area (Å²) in [7, 11) is 4.98. The maximum absolute atomic E-state index is 11.8. The van der Waals surface area contributed by atoms with E-state index in [4.69, 9.17) is 14.2 Å². The van der Waals surface area contributed by atoms with Crippen molar-refractivity contribution in [3.05, 3.63) is 23.9 Å². The minimum absolute atomic E-state index is 0.334. The number of carbonyl (C=O) groups excluding carboxylic acids is 1. The SMILES string of the molecule is CCOC(=O)c1cc2cc(OC)c(OC)cc2n1C. The van der Waals surface area contributed by atoms with Gasteiger partial charge in [0.15, 0.2) is 11.5 Å². The fraction of sp³-hybridized carbons (Fsp3) is 0.357. The van der Waals surface area contributed by atoms with Gasteiger partial charge in [0, 0.05) is 18.5 Å². The number of ether oxygens (including phenoxy) is 3. The number of rotatable bonds is 4. The third kappa shape index (κ3) is 2.23. The van der Waals surface area contributed by atoms with Crippen LogP contribution in [0.1, 0.15) is 17.4 Å². The summed E-state index contributed by atoms with van der Waals surface area (Å²) < 4.78 is 17.3. The third-order valence-electron chi connectivity index (χ3n) is 3.03. The van der Waals surface area contributed by atoms with Crippen molar-refractivity contribution >= 4 is 16.9 Å². The molecule has 1 heterocycles. The number of nitrogens with zero attached hydrogens (tertiary/aromatic N) is 1. The Morgan fingerprint density at radius 3 is 2.37 bits per heavy atom. The maximum atomic E-state index is 11.8. The minimum Gasteiger partial charge on any atom is -0.493 e. The lowest BCUT2D eigenvalue weighted by Gasteiger charge is -2.08. The zero-order valence-corrected chi connectivity index (χ0v) is 11.5. The van der Waals surface area contributed by atoms with Crippen LogP contribution < -0.4 is 9.47 Å². The van der Waals surface area contributed by atoms with E-state index in [9.17, 15) is 4.79 Å². The van der Waals surface area contributed by atoms with Gasteiger partial charge in [0.2, 0.25) is 0 Å². The number of hydrogen-bond acceptors (Lipinski definition) is 4. The molecule has 0 saturated carbocycles. The average Bonchev–Trinajstić information content (AvgIpc) is 2.74. The normalized spacial score (nSPS) is 10.5. The first-order valence-corrected chi connectivity index (χ1v) is 6.01. The minimum atomic E-state index is -0.334. The van der Waals surface area contributed by atoms with Gasteiger partial charge in [-0.05, 0) is 19.1 Å². The van der Waals surface area contributed by atoms with E-state index in [2.05, 4.69) is 0 Å². The molecule has 102 valence electrons. The van der Waals surface area contributed by atoms with E-state index in [0.717, 1.165) is 10.9 Å². The number of carbonyl (C=O) groups is 1. The van der Waals surface area contributed by atoms with E-state index in [-0.39, 0.29) is 5.97 Å². The van der Waals surface area contributed by atoms with Gasteiger partial charge in [0.1, 0.15) is 5.69 Å². The molecule has 0 atom stereocenters. The quantitative estimate of drug-likeness (QED) is 0.795. The fourth-order valence-electron chi connectivity index (χ4n) is 2.06. The Balaban J connectivity index is 2.60. The van der Waals surface area contributed by atoms with Crippen LogP contribution in [0.5, 0.6) is 11.5 Å². The molecule has 0 amide bonds. The highest BCUT2D eigenvalue weighted by Crippen LogP contribution is 2.33. The van der Waals surface area contributed by atoms with Crippen molar-refractivity contribution in [1.29, 1.82) is 0 Å². The first kappa shape index (κ1) is 13.3. The van der Waals surface area contributed by atoms with Crippen LogP contribution in [0.25, 0.3) is 10.9 Å². The van der Waals surface area contributed by atoms with Gasteiger partial charge in [0.25, 0.3) is 0 Å². The van der Waals surface area contributed by atoms with E-state index in [1.54, 1.807) is 31.8 Å². The second-order valence-electron chi connectivity index (χ2n) is 4.08. The molecule has 0 spiro atoms. The summed E-state index contributed by atoms with van der Waals surface area (Å²) in [5.41, 5.74) is 1.40. The molecule has 1 aromatic heterocycles. The van der Waals surface area contributed by atoms with Crippen LogP contribution in [-0.2, 0) is 11.8 Å². The van der Waals surface area contributed by atoms with Gasteiger partial charge in [-0.3, -0.25) is 0 Å². The van der Waals surface area contributed by atoms with Crippen LogP contribution in [0.2, 0.25) is 0 Å². The summed E-state index contributed by atoms with van der Waals surface area (Å²) in [4.78, 5) is 11.8. The molecule has 0 unspecified atom stereocenters. The van der Waals surface area contributed by atoms with E-state index in [1.165, 1.54) is 0 Å². The maximum Gasteiger partial charge on any atom is 0.354 e. The van der Waals surface area contributed by atoms with E-state index in [0.29, 0.717) is 23.8 Å². The van der Waals surface area contributed by atoms with Crippen LogP contribution in [0.4, 0.5) is 0 Å². The summed E-state index contributed by atoms with van der Waals surface area (Å²) in [5, 5.41) is 0.906. The molecular weight excluding hydrogens is 246 g/mol. The first-order valence-electron chi connectivity index (χ1n) is 6.01. The molecule has 1 aromatic carbocycles. The molecule has 0 aliphatic rings. The lowest BCUT2D eigenvalue weighted by molar-refractivity contribution is 0.0516. The zero-order valence-electron chi connectivity index (χ0n) is 11.5. The van der Waals surface area contributed by atoms with Crippen molar-refractivity contribution in [3.8, 4) is 11.5 Å². The Bertz CT molecular complexity index is 615. The van der Waals surface area contributed by atoms with Crippen LogP contribution in [-0.4, -0.2) is 31.4 Å². The van der Waals surface area contributed by atoms with Gasteiger partial charge in [0.05, 0.1) is 26.3 Å². The fourth-order valence-corrected chi connectivity index (χ4v) is 2.06. The summed E-state index contributed by atoms with van der Waals surface area (Å²) in [6.07, 6.45) is 0. The number of esters is 1. The van der Waals surface area contributed by atoms with Crippen LogP contribution in [0, 0.1) is 0 Å². The predicted octanol–water partition coefficient (Wildman–Crippen LogP) is 2.37. The van der Waals surface area contributed by atoms with Crippen molar-refractivity contribution in [2.75, 3.05) is 20.8 Å². The highest BCUT2D eigenvalue weighted by Gasteiger charge is 2.16. The molecule has 0 fully saturated rings. The average molecular weight is 263 g/mol. The zero-order chi connectivity index (χ0) is 14.0. The molecule has 5 heteroatoms. The Labute approximate surface area is 111 Å². The number of aromatic nitrogens is 1. The Morgan fingerprint density at radius 1 is 1.16 bits per heavy atom. The highest BCUT2D eigenvalue weighted by molar-refractivity contribution is 5.96. The number of fused-ring (bicyclic) bond motifs is 1. The van der Waals surface area contributed by atoms with Crippen molar-refractivity contribution in [3.63, 3.8) is 0 Å². The van der Waals surface area contributed by atoms with E-state index < -0.39 is 0 Å². The second kappa shape index (κ2) is 5.22. The molecule has 0 saturated heterocycles. The third-order valence-corrected chi connectivity index (χ3v) is 3.03. The Kier molecular flexibility index (Phi) is 3.64. The van der Waals surface area contributed by atoms with Gasteiger partial charge >= 0.3 is 5.97 Å². The van der Waals surface area contributed by atoms with Gasteiger partial charge in [-0.15, -0.1) is 0 Å². The molecule has 0 N–H and O–H groups in total. The molecule has 0 radical (unpaired) electrons. The van der Waals surface area contributed by atoms with Crippen molar-refractivity contribution in [2.24, 2.45) is 7.05 Å². The molecule has 0 aliphatic carbocycles. The molecule has 2 aromatic rings. The summed E-state index contributed by atoms with van der Waals surface area (Å²) in [5.74, 6) is 0.932. The predicted molar refractivity (Wildman–Crippen MR) is 72.0 cm³/mol. The van der Waals surface area contributed by atoms with Crippen LogP contribution in [0.3, 0.4) is 0 Å². The molecular formula is C14H17NO4. The number of hydrogen-bond donors (Lipinski definition) is 0. The van der Waals surface area contributed by atoms with Crippen molar-refractivity contribution in [1.82, 2.24) is 4.57 Å². The van der Waals surface area contributed by atoms with Crippen molar-refractivity contribution < 1.29 is 19.0 Å². The van der Waals surface area contributed by atoms with Crippen LogP contribution in [0.15, 0.2) is 18.2 Å². The molecule has 19 heavy (non-hydrogen) atoms. The molecule has 0 aliphatic heterocycles. The summed E-state index contributed by atoms with van der Waals surface area (Å²) in [6.45, 7) is 2.14. The Hall–Kier alpha value is -2.17. The lowest BCUT2D eigenvalue weighted by Crippen LogP contribution is -2.09. The number of methoxy groups -OCH3 is 2. The van der Waals surface area contributed by atoms with Gasteiger partial charge < -0.3 is 18.8 Å². The smallest absolute Gasteiger partial charge is 0.354 e. The topological polar surface area (TPSA) is 49.7 Å². The summed E-state index contributed by atoms with van der Waals surface area (Å²) in [6, 6.07) is 5.48. The molecule has 5 nitrogen and oxygen atoms in total. The summed E-state index contributed by atoms with van der Waals surface area (Å²) >= 11 is 0. The standard InChI is InChI=1S/C14H17NO4/c1-5-19-14(16)11-6-9-7-12(17-3)13(18-4)8-10(9)15(11)2/h6-8H,5H2,1-4H3. The number of aryl methyl sites for hydroxylation is 1. The van der Waals surface area contributed by atoms with Crippen molar-refractivity contribution in [2.45, 2.75) is 6.92 Å². The van der Waals surface area contributed by atoms with Crippen LogP contribution >= 0.6 is 0 Å².